The summed E-state index contributed by atoms with van der Waals surface area (Å²) in [6.45, 7) is 2.00. The minimum Gasteiger partial charge on any atom is -0.464 e. The van der Waals surface area contributed by atoms with Crippen LogP contribution in [0.3, 0.4) is 0 Å². The van der Waals surface area contributed by atoms with Crippen molar-refractivity contribution in [2.24, 2.45) is 12.8 Å². The van der Waals surface area contributed by atoms with Gasteiger partial charge in [-0.1, -0.05) is 0 Å². The summed E-state index contributed by atoms with van der Waals surface area (Å²) in [6.07, 6.45) is 2.12. The SMILES string of the molecule is COC(=O)c1cc(C2(C(C)N)CC2)n(C)n1. The molecule has 1 aromatic heterocycles. The van der Waals surface area contributed by atoms with Gasteiger partial charge < -0.3 is 10.5 Å². The molecule has 1 heterocycles. The minimum atomic E-state index is -0.401. The Morgan fingerprint density at radius 3 is 2.75 bits per heavy atom. The zero-order valence-electron chi connectivity index (χ0n) is 9.86. The molecule has 0 amide bonds. The van der Waals surface area contributed by atoms with Crippen LogP contribution in [0.15, 0.2) is 6.07 Å². The predicted molar refractivity (Wildman–Crippen MR) is 59.1 cm³/mol. The normalized spacial score (nSPS) is 19.2. The summed E-state index contributed by atoms with van der Waals surface area (Å²) in [5, 5.41) is 4.16. The fourth-order valence-corrected chi connectivity index (χ4v) is 2.22. The van der Waals surface area contributed by atoms with Crippen LogP contribution in [0.5, 0.6) is 0 Å². The Hall–Kier alpha value is -1.36. The molecule has 1 aliphatic carbocycles. The lowest BCUT2D eigenvalue weighted by Crippen LogP contribution is -2.33. The molecule has 88 valence electrons. The largest absolute Gasteiger partial charge is 0.464 e. The first-order chi connectivity index (χ1) is 7.51. The lowest BCUT2D eigenvalue weighted by Gasteiger charge is -2.19. The molecule has 1 fully saturated rings. The van der Waals surface area contributed by atoms with Crippen LogP contribution in [-0.4, -0.2) is 28.9 Å². The number of aromatic nitrogens is 2. The second kappa shape index (κ2) is 3.59. The molecule has 0 radical (unpaired) electrons. The van der Waals surface area contributed by atoms with E-state index in [4.69, 9.17) is 5.73 Å². The summed E-state index contributed by atoms with van der Waals surface area (Å²) in [7, 11) is 3.19. The van der Waals surface area contributed by atoms with E-state index in [1.54, 1.807) is 10.7 Å². The van der Waals surface area contributed by atoms with Crippen LogP contribution in [0.1, 0.15) is 35.9 Å². The molecule has 16 heavy (non-hydrogen) atoms. The van der Waals surface area contributed by atoms with Crippen LogP contribution in [0.2, 0.25) is 0 Å². The van der Waals surface area contributed by atoms with E-state index in [1.807, 2.05) is 14.0 Å². The Kier molecular flexibility index (Phi) is 2.50. The van der Waals surface area contributed by atoms with E-state index in [1.165, 1.54) is 7.11 Å². The summed E-state index contributed by atoms with van der Waals surface area (Å²) in [6, 6.07) is 1.87. The molecule has 1 saturated carbocycles. The highest BCUT2D eigenvalue weighted by Gasteiger charge is 2.49. The standard InChI is InChI=1S/C11H17N3O2/c1-7(12)11(4-5-11)9-6-8(10(15)16-3)13-14(9)2/h6-7H,4-5,12H2,1-3H3. The maximum absolute atomic E-state index is 11.4. The first-order valence-electron chi connectivity index (χ1n) is 5.39. The third kappa shape index (κ3) is 1.51. The van der Waals surface area contributed by atoms with Gasteiger partial charge in [-0.3, -0.25) is 4.68 Å². The van der Waals surface area contributed by atoms with Crippen molar-refractivity contribution in [3.05, 3.63) is 17.5 Å². The number of hydrogen-bond donors (Lipinski definition) is 1. The summed E-state index contributed by atoms with van der Waals surface area (Å²) >= 11 is 0. The van der Waals surface area contributed by atoms with E-state index in [2.05, 4.69) is 9.84 Å². The number of rotatable bonds is 3. The topological polar surface area (TPSA) is 70.1 Å². The van der Waals surface area contributed by atoms with Gasteiger partial charge in [-0.05, 0) is 25.8 Å². The van der Waals surface area contributed by atoms with Crippen LogP contribution in [0.25, 0.3) is 0 Å². The molecular weight excluding hydrogens is 206 g/mol. The highest BCUT2D eigenvalue weighted by molar-refractivity contribution is 5.87. The Balaban J connectivity index is 2.36. The molecule has 2 N–H and O–H groups in total. The number of methoxy groups -OCH3 is 1. The quantitative estimate of drug-likeness (QED) is 0.761. The van der Waals surface area contributed by atoms with Gasteiger partial charge in [0.05, 0.1) is 7.11 Å². The van der Waals surface area contributed by atoms with Crippen LogP contribution >= 0.6 is 0 Å². The fraction of sp³-hybridized carbons (Fsp3) is 0.636. The Labute approximate surface area is 94.6 Å². The van der Waals surface area contributed by atoms with Gasteiger partial charge in [-0.2, -0.15) is 5.10 Å². The van der Waals surface area contributed by atoms with Gasteiger partial charge in [-0.25, -0.2) is 4.79 Å². The van der Waals surface area contributed by atoms with Crippen molar-refractivity contribution >= 4 is 5.97 Å². The van der Waals surface area contributed by atoms with Crippen molar-refractivity contribution in [1.29, 1.82) is 0 Å². The van der Waals surface area contributed by atoms with E-state index >= 15 is 0 Å². The number of carbonyl (C=O) groups is 1. The van der Waals surface area contributed by atoms with Crippen LogP contribution in [0, 0.1) is 0 Å². The summed E-state index contributed by atoms with van der Waals surface area (Å²) in [5.74, 6) is -0.401. The van der Waals surface area contributed by atoms with E-state index in [0.29, 0.717) is 5.69 Å². The van der Waals surface area contributed by atoms with Gasteiger partial charge in [0, 0.05) is 24.2 Å². The van der Waals surface area contributed by atoms with Crippen molar-refractivity contribution < 1.29 is 9.53 Å². The second-order valence-electron chi connectivity index (χ2n) is 4.47. The lowest BCUT2D eigenvalue weighted by atomic mass is 9.94. The second-order valence-corrected chi connectivity index (χ2v) is 4.47. The van der Waals surface area contributed by atoms with Crippen LogP contribution in [-0.2, 0) is 17.2 Å². The average molecular weight is 223 g/mol. The molecule has 5 nitrogen and oxygen atoms in total. The van der Waals surface area contributed by atoms with Crippen LogP contribution in [0.4, 0.5) is 0 Å². The van der Waals surface area contributed by atoms with Gasteiger partial charge in [0.2, 0.25) is 0 Å². The van der Waals surface area contributed by atoms with Crippen molar-refractivity contribution in [1.82, 2.24) is 9.78 Å². The molecule has 0 aliphatic heterocycles. The van der Waals surface area contributed by atoms with Gasteiger partial charge in [0.15, 0.2) is 5.69 Å². The minimum absolute atomic E-state index is 0.00796. The average Bonchev–Trinajstić information content (AvgIpc) is 2.96. The molecule has 1 aromatic rings. The first-order valence-corrected chi connectivity index (χ1v) is 5.39. The molecular formula is C11H17N3O2. The molecule has 2 rings (SSSR count). The third-order valence-corrected chi connectivity index (χ3v) is 3.44. The third-order valence-electron chi connectivity index (χ3n) is 3.44. The Morgan fingerprint density at radius 2 is 2.31 bits per heavy atom. The molecule has 0 bridgehead atoms. The van der Waals surface area contributed by atoms with Gasteiger partial charge in [0.25, 0.3) is 0 Å². The Morgan fingerprint density at radius 1 is 1.69 bits per heavy atom. The monoisotopic (exact) mass is 223 g/mol. The summed E-state index contributed by atoms with van der Waals surface area (Å²) in [4.78, 5) is 11.4. The van der Waals surface area contributed by atoms with Gasteiger partial charge in [-0.15, -0.1) is 0 Å². The van der Waals surface area contributed by atoms with E-state index in [-0.39, 0.29) is 11.5 Å². The maximum atomic E-state index is 11.4. The van der Waals surface area contributed by atoms with Crippen molar-refractivity contribution in [3.63, 3.8) is 0 Å². The number of aryl methyl sites for hydroxylation is 1. The number of ether oxygens (including phenoxy) is 1. The molecule has 1 aliphatic rings. The van der Waals surface area contributed by atoms with E-state index in [9.17, 15) is 4.79 Å². The highest BCUT2D eigenvalue weighted by atomic mass is 16.5. The number of esters is 1. The van der Waals surface area contributed by atoms with Crippen molar-refractivity contribution in [3.8, 4) is 0 Å². The summed E-state index contributed by atoms with van der Waals surface area (Å²) in [5.41, 5.74) is 7.39. The lowest BCUT2D eigenvalue weighted by molar-refractivity contribution is 0.0593. The Bertz CT molecular complexity index is 419. The van der Waals surface area contributed by atoms with Crippen molar-refractivity contribution in [2.45, 2.75) is 31.2 Å². The first kappa shape index (κ1) is 11.1. The van der Waals surface area contributed by atoms with Crippen LogP contribution < -0.4 is 5.73 Å². The summed E-state index contributed by atoms with van der Waals surface area (Å²) < 4.78 is 6.39. The fourth-order valence-electron chi connectivity index (χ4n) is 2.22. The zero-order chi connectivity index (χ0) is 11.9. The molecule has 0 aromatic carbocycles. The van der Waals surface area contributed by atoms with Crippen molar-refractivity contribution in [2.75, 3.05) is 7.11 Å². The van der Waals surface area contributed by atoms with E-state index in [0.717, 1.165) is 18.5 Å². The number of nitrogens with two attached hydrogens (primary N) is 1. The zero-order valence-corrected chi connectivity index (χ0v) is 9.86. The molecule has 1 unspecified atom stereocenters. The van der Waals surface area contributed by atoms with Gasteiger partial charge in [0.1, 0.15) is 0 Å². The molecule has 0 saturated heterocycles. The predicted octanol–water partition coefficient (Wildman–Crippen LogP) is 0.585. The van der Waals surface area contributed by atoms with E-state index < -0.39 is 5.97 Å². The maximum Gasteiger partial charge on any atom is 0.358 e. The number of carbonyl (C=O) groups excluding carboxylic acids is 1. The number of hydrogen-bond acceptors (Lipinski definition) is 4. The highest BCUT2D eigenvalue weighted by Crippen LogP contribution is 2.50. The smallest absolute Gasteiger partial charge is 0.358 e. The molecule has 1 atom stereocenters. The molecule has 5 heteroatoms. The van der Waals surface area contributed by atoms with Gasteiger partial charge >= 0.3 is 5.97 Å². The molecule has 0 spiro atoms. The number of nitrogens with zero attached hydrogens (tertiary/aromatic N) is 2.